The highest BCUT2D eigenvalue weighted by molar-refractivity contribution is 7.91. The Bertz CT molecular complexity index is 425. The van der Waals surface area contributed by atoms with Crippen LogP contribution in [0, 0.1) is 6.92 Å². The first-order valence-corrected chi connectivity index (χ1v) is 6.72. The summed E-state index contributed by atoms with van der Waals surface area (Å²) in [5.74, 6) is 0.0727. The van der Waals surface area contributed by atoms with Gasteiger partial charge >= 0.3 is 0 Å². The number of hydrogen-bond donors (Lipinski definition) is 0. The normalized spacial score (nSPS) is 11.7. The number of unbranched alkanes of at least 4 members (excludes halogenated alkanes) is 1. The van der Waals surface area contributed by atoms with Gasteiger partial charge in [0.05, 0.1) is 5.75 Å². The second-order valence-corrected chi connectivity index (χ2v) is 5.68. The van der Waals surface area contributed by atoms with Gasteiger partial charge in [-0.1, -0.05) is 24.9 Å². The van der Waals surface area contributed by atoms with E-state index >= 15 is 0 Å². The van der Waals surface area contributed by atoms with Crippen molar-refractivity contribution in [3.63, 3.8) is 0 Å². The second-order valence-electron chi connectivity index (χ2n) is 3.29. The molecule has 1 heterocycles. The molecule has 0 atom stereocenters. The number of aryl methyl sites for hydroxylation is 1. The Hall–Kier alpha value is -0.680. The molecule has 0 aromatic carbocycles. The Kier molecular flexibility index (Phi) is 4.04. The molecule has 4 nitrogen and oxygen atoms in total. The van der Waals surface area contributed by atoms with Crippen LogP contribution in [-0.4, -0.2) is 24.1 Å². The molecule has 0 amide bonds. The predicted octanol–water partition coefficient (Wildman–Crippen LogP) is 2.01. The number of rotatable bonds is 4. The maximum atomic E-state index is 11.7. The van der Waals surface area contributed by atoms with Gasteiger partial charge in [-0.15, -0.1) is 0 Å². The van der Waals surface area contributed by atoms with E-state index < -0.39 is 9.84 Å². The fourth-order valence-electron chi connectivity index (χ4n) is 1.07. The van der Waals surface area contributed by atoms with E-state index in [9.17, 15) is 8.42 Å². The Morgan fingerprint density at radius 3 is 2.60 bits per heavy atom. The van der Waals surface area contributed by atoms with Crippen LogP contribution in [0.3, 0.4) is 0 Å². The zero-order valence-electron chi connectivity index (χ0n) is 8.70. The molecule has 0 saturated heterocycles. The van der Waals surface area contributed by atoms with E-state index in [-0.39, 0.29) is 16.1 Å². The highest BCUT2D eigenvalue weighted by Gasteiger charge is 2.18. The van der Waals surface area contributed by atoms with Crippen LogP contribution in [0.15, 0.2) is 11.2 Å². The molecule has 0 radical (unpaired) electrons. The van der Waals surface area contributed by atoms with Gasteiger partial charge in [0.2, 0.25) is 15.0 Å². The SMILES string of the molecule is CCCCS(=O)(=O)c1nc(C)cc(Cl)n1. The lowest BCUT2D eigenvalue weighted by molar-refractivity contribution is 0.583. The van der Waals surface area contributed by atoms with Gasteiger partial charge in [0, 0.05) is 5.69 Å². The quantitative estimate of drug-likeness (QED) is 0.604. The van der Waals surface area contributed by atoms with Crippen LogP contribution in [0.4, 0.5) is 0 Å². The van der Waals surface area contributed by atoms with Gasteiger partial charge in [0.15, 0.2) is 0 Å². The van der Waals surface area contributed by atoms with Gasteiger partial charge < -0.3 is 0 Å². The largest absolute Gasteiger partial charge is 0.248 e. The minimum absolute atomic E-state index is 0.0727. The summed E-state index contributed by atoms with van der Waals surface area (Å²) in [5.41, 5.74) is 0.560. The van der Waals surface area contributed by atoms with Crippen molar-refractivity contribution in [3.8, 4) is 0 Å². The van der Waals surface area contributed by atoms with E-state index in [2.05, 4.69) is 9.97 Å². The molecule has 1 rings (SSSR count). The fraction of sp³-hybridized carbons (Fsp3) is 0.556. The molecule has 0 spiro atoms. The molecule has 0 aliphatic heterocycles. The Morgan fingerprint density at radius 2 is 2.07 bits per heavy atom. The topological polar surface area (TPSA) is 59.9 Å². The summed E-state index contributed by atoms with van der Waals surface area (Å²) in [5, 5.41) is -0.00137. The molecule has 0 N–H and O–H groups in total. The van der Waals surface area contributed by atoms with Crippen molar-refractivity contribution in [2.45, 2.75) is 31.8 Å². The summed E-state index contributed by atoms with van der Waals surface area (Å²) in [6, 6.07) is 1.53. The molecule has 84 valence electrons. The lowest BCUT2D eigenvalue weighted by atomic mass is 10.4. The molecule has 0 fully saturated rings. The van der Waals surface area contributed by atoms with Gasteiger partial charge in [-0.3, -0.25) is 0 Å². The van der Waals surface area contributed by atoms with Gasteiger partial charge in [0.1, 0.15) is 5.15 Å². The van der Waals surface area contributed by atoms with Crippen molar-refractivity contribution in [3.05, 3.63) is 16.9 Å². The number of hydrogen-bond acceptors (Lipinski definition) is 4. The summed E-state index contributed by atoms with van der Waals surface area (Å²) in [6.45, 7) is 3.62. The van der Waals surface area contributed by atoms with Crippen LogP contribution in [0.5, 0.6) is 0 Å². The molecule has 1 aromatic rings. The molecule has 15 heavy (non-hydrogen) atoms. The maximum absolute atomic E-state index is 11.7. The molecular formula is C9H13ClN2O2S. The third kappa shape index (κ3) is 3.43. The molecule has 0 saturated carbocycles. The van der Waals surface area contributed by atoms with Gasteiger partial charge in [-0.2, -0.15) is 0 Å². The second kappa shape index (κ2) is 4.90. The lowest BCUT2D eigenvalue weighted by Gasteiger charge is -2.03. The van der Waals surface area contributed by atoms with Crippen molar-refractivity contribution in [1.82, 2.24) is 9.97 Å². The van der Waals surface area contributed by atoms with E-state index in [1.807, 2.05) is 6.92 Å². The summed E-state index contributed by atoms with van der Waals surface area (Å²) in [6.07, 6.45) is 1.43. The van der Waals surface area contributed by atoms with Crippen LogP contribution in [0.25, 0.3) is 0 Å². The van der Waals surface area contributed by atoms with Crippen LogP contribution in [0.2, 0.25) is 5.15 Å². The van der Waals surface area contributed by atoms with Crippen molar-refractivity contribution in [2.24, 2.45) is 0 Å². The Balaban J connectivity index is 3.04. The van der Waals surface area contributed by atoms with E-state index in [1.165, 1.54) is 6.07 Å². The van der Waals surface area contributed by atoms with Crippen molar-refractivity contribution < 1.29 is 8.42 Å². The minimum atomic E-state index is -3.37. The van der Waals surface area contributed by atoms with Crippen molar-refractivity contribution >= 4 is 21.4 Å². The zero-order valence-corrected chi connectivity index (χ0v) is 10.3. The first-order valence-electron chi connectivity index (χ1n) is 4.69. The zero-order chi connectivity index (χ0) is 11.5. The third-order valence-corrected chi connectivity index (χ3v) is 3.61. The van der Waals surface area contributed by atoms with E-state index in [0.29, 0.717) is 12.1 Å². The average molecular weight is 249 g/mol. The van der Waals surface area contributed by atoms with Gasteiger partial charge in [0.25, 0.3) is 0 Å². The number of aromatic nitrogens is 2. The standard InChI is InChI=1S/C9H13ClN2O2S/c1-3-4-5-15(13,14)9-11-7(2)6-8(10)12-9/h6H,3-5H2,1-2H3. The molecule has 1 aromatic heterocycles. The molecule has 0 unspecified atom stereocenters. The summed E-state index contributed by atoms with van der Waals surface area (Å²) >= 11 is 5.67. The fourth-order valence-corrected chi connectivity index (χ4v) is 2.73. The molecule has 0 aliphatic carbocycles. The number of sulfone groups is 1. The highest BCUT2D eigenvalue weighted by atomic mass is 35.5. The molecule has 6 heteroatoms. The average Bonchev–Trinajstić information content (AvgIpc) is 2.13. The van der Waals surface area contributed by atoms with E-state index in [1.54, 1.807) is 6.92 Å². The van der Waals surface area contributed by atoms with Gasteiger partial charge in [-0.05, 0) is 19.4 Å². The molecular weight excluding hydrogens is 236 g/mol. The van der Waals surface area contributed by atoms with Crippen molar-refractivity contribution in [2.75, 3.05) is 5.75 Å². The third-order valence-electron chi connectivity index (χ3n) is 1.85. The maximum Gasteiger partial charge on any atom is 0.248 e. The summed E-state index contributed by atoms with van der Waals surface area (Å²) < 4.78 is 23.4. The monoisotopic (exact) mass is 248 g/mol. The van der Waals surface area contributed by atoms with Crippen LogP contribution >= 0.6 is 11.6 Å². The first-order chi connectivity index (χ1) is 6.95. The van der Waals surface area contributed by atoms with Crippen LogP contribution in [0.1, 0.15) is 25.5 Å². The van der Waals surface area contributed by atoms with Crippen LogP contribution in [-0.2, 0) is 9.84 Å². The summed E-state index contributed by atoms with van der Waals surface area (Å²) in [7, 11) is -3.37. The Labute approximate surface area is 94.6 Å². The summed E-state index contributed by atoms with van der Waals surface area (Å²) in [4.78, 5) is 7.60. The predicted molar refractivity (Wildman–Crippen MR) is 58.7 cm³/mol. The minimum Gasteiger partial charge on any atom is -0.224 e. The van der Waals surface area contributed by atoms with Crippen LogP contribution < -0.4 is 0 Å². The molecule has 0 bridgehead atoms. The number of nitrogens with zero attached hydrogens (tertiary/aromatic N) is 2. The smallest absolute Gasteiger partial charge is 0.224 e. The first kappa shape index (κ1) is 12.4. The lowest BCUT2D eigenvalue weighted by Crippen LogP contribution is -2.11. The highest BCUT2D eigenvalue weighted by Crippen LogP contribution is 2.12. The van der Waals surface area contributed by atoms with E-state index in [0.717, 1.165) is 6.42 Å². The van der Waals surface area contributed by atoms with Crippen molar-refractivity contribution in [1.29, 1.82) is 0 Å². The van der Waals surface area contributed by atoms with E-state index in [4.69, 9.17) is 11.6 Å². The number of halogens is 1. The molecule has 0 aliphatic rings. The van der Waals surface area contributed by atoms with Gasteiger partial charge in [-0.25, -0.2) is 18.4 Å². The Morgan fingerprint density at radius 1 is 1.40 bits per heavy atom.